The molecule has 0 aliphatic carbocycles. The number of sulfonamides is 2. The molecule has 2 heterocycles. The van der Waals surface area contributed by atoms with Gasteiger partial charge < -0.3 is 4.90 Å². The molecule has 0 atom stereocenters. The van der Waals surface area contributed by atoms with Crippen LogP contribution in [-0.2, 0) is 20.0 Å². The highest BCUT2D eigenvalue weighted by Gasteiger charge is 2.29. The molecule has 2 aromatic rings. The van der Waals surface area contributed by atoms with E-state index in [9.17, 15) is 26.0 Å². The van der Waals surface area contributed by atoms with Gasteiger partial charge in [0.15, 0.2) is 0 Å². The molecule has 12 heteroatoms. The average Bonchev–Trinajstić information content (AvgIpc) is 3.24. The quantitative estimate of drug-likeness (QED) is 0.685. The van der Waals surface area contributed by atoms with Crippen LogP contribution in [0.1, 0.15) is 23.2 Å². The van der Waals surface area contributed by atoms with Gasteiger partial charge >= 0.3 is 0 Å². The van der Waals surface area contributed by atoms with Gasteiger partial charge in [-0.25, -0.2) is 30.3 Å². The third-order valence-corrected chi connectivity index (χ3v) is 9.55. The molecule has 0 unspecified atom stereocenters. The minimum atomic E-state index is -4.03. The first kappa shape index (κ1) is 22.8. The zero-order valence-electron chi connectivity index (χ0n) is 16.4. The minimum absolute atomic E-state index is 0.0643. The first-order valence-corrected chi connectivity index (χ1v) is 12.9. The molecule has 0 radical (unpaired) electrons. The summed E-state index contributed by atoms with van der Waals surface area (Å²) in [7, 11) is -5.06. The van der Waals surface area contributed by atoms with Crippen molar-refractivity contribution in [3.05, 3.63) is 47.1 Å². The lowest BCUT2D eigenvalue weighted by Gasteiger charge is -2.32. The molecule has 8 nitrogen and oxygen atoms in total. The minimum Gasteiger partial charge on any atom is -0.339 e. The van der Waals surface area contributed by atoms with E-state index < -0.39 is 36.7 Å². The van der Waals surface area contributed by atoms with Crippen LogP contribution in [0.15, 0.2) is 44.8 Å². The third kappa shape index (κ3) is 4.72. The molecule has 0 saturated carbocycles. The molecule has 1 amide bonds. The first-order chi connectivity index (χ1) is 14.0. The fourth-order valence-electron chi connectivity index (χ4n) is 3.11. The van der Waals surface area contributed by atoms with Gasteiger partial charge in [0, 0.05) is 38.8 Å². The van der Waals surface area contributed by atoms with Gasteiger partial charge in [-0.2, -0.15) is 0 Å². The zero-order chi connectivity index (χ0) is 22.1. The fourth-order valence-corrected chi connectivity index (χ4v) is 6.41. The monoisotopic (exact) mass is 475 g/mol. The van der Waals surface area contributed by atoms with Crippen LogP contribution in [-0.4, -0.2) is 65.2 Å². The van der Waals surface area contributed by atoms with Crippen molar-refractivity contribution in [3.63, 3.8) is 0 Å². The van der Waals surface area contributed by atoms with Crippen molar-refractivity contribution in [2.45, 2.75) is 28.0 Å². The van der Waals surface area contributed by atoms with Gasteiger partial charge in [-0.05, 0) is 42.5 Å². The smallest absolute Gasteiger partial charge is 0.253 e. The van der Waals surface area contributed by atoms with Crippen LogP contribution in [0.25, 0.3) is 0 Å². The summed E-state index contributed by atoms with van der Waals surface area (Å²) < 4.78 is 67.1. The Morgan fingerprint density at radius 3 is 2.40 bits per heavy atom. The Kier molecular flexibility index (Phi) is 6.63. The van der Waals surface area contributed by atoms with Crippen molar-refractivity contribution in [1.82, 2.24) is 13.9 Å². The number of hydrogen-bond acceptors (Lipinski definition) is 6. The summed E-state index contributed by atoms with van der Waals surface area (Å²) in [5.74, 6) is -1.35. The Labute approximate surface area is 179 Å². The first-order valence-electron chi connectivity index (χ1n) is 9.09. The van der Waals surface area contributed by atoms with Crippen LogP contribution >= 0.6 is 11.3 Å². The largest absolute Gasteiger partial charge is 0.339 e. The molecule has 1 aromatic heterocycles. The highest BCUT2D eigenvalue weighted by Crippen LogP contribution is 2.22. The molecule has 1 fully saturated rings. The van der Waals surface area contributed by atoms with Gasteiger partial charge in [-0.3, -0.25) is 4.79 Å². The number of thiophene rings is 1. The third-order valence-electron chi connectivity index (χ3n) is 4.80. The molecule has 0 bridgehead atoms. The lowest BCUT2D eigenvalue weighted by atomic mass is 10.0. The summed E-state index contributed by atoms with van der Waals surface area (Å²) in [6, 6.07) is 6.13. The number of rotatable bonds is 6. The molecule has 3 rings (SSSR count). The van der Waals surface area contributed by atoms with Crippen LogP contribution in [0.3, 0.4) is 0 Å². The second-order valence-electron chi connectivity index (χ2n) is 7.05. The summed E-state index contributed by atoms with van der Waals surface area (Å²) in [5, 5.41) is 1.68. The van der Waals surface area contributed by atoms with E-state index in [0.717, 1.165) is 27.8 Å². The lowest BCUT2D eigenvalue weighted by Crippen LogP contribution is -2.46. The molecule has 1 aromatic carbocycles. The van der Waals surface area contributed by atoms with Gasteiger partial charge in [0.1, 0.15) is 14.9 Å². The molecular weight excluding hydrogens is 453 g/mol. The van der Waals surface area contributed by atoms with Gasteiger partial charge in [-0.15, -0.1) is 11.3 Å². The zero-order valence-corrected chi connectivity index (χ0v) is 18.9. The SMILES string of the molecule is CN(C)S(=O)(=O)c1cc(C(=O)N2CCC(NS(=O)(=O)c3cccs3)CC2)ccc1F. The Morgan fingerprint density at radius 1 is 1.17 bits per heavy atom. The van der Waals surface area contributed by atoms with Crippen molar-refractivity contribution in [2.75, 3.05) is 27.2 Å². The van der Waals surface area contributed by atoms with E-state index in [0.29, 0.717) is 25.9 Å². The normalized spacial score (nSPS) is 16.2. The molecule has 1 N–H and O–H groups in total. The Balaban J connectivity index is 1.69. The number of hydrogen-bond donors (Lipinski definition) is 1. The maximum atomic E-state index is 14.1. The second-order valence-corrected chi connectivity index (χ2v) is 12.1. The Bertz CT molecular complexity index is 1120. The molecule has 0 spiro atoms. The number of benzene rings is 1. The van der Waals surface area contributed by atoms with Crippen LogP contribution < -0.4 is 4.72 Å². The molecular formula is C18H22FN3O5S3. The van der Waals surface area contributed by atoms with E-state index in [1.165, 1.54) is 31.1 Å². The van der Waals surface area contributed by atoms with Crippen molar-refractivity contribution < 1.29 is 26.0 Å². The number of nitrogens with zero attached hydrogens (tertiary/aromatic N) is 2. The fraction of sp³-hybridized carbons (Fsp3) is 0.389. The van der Waals surface area contributed by atoms with E-state index >= 15 is 0 Å². The molecule has 1 aliphatic rings. The van der Waals surface area contributed by atoms with E-state index in [-0.39, 0.29) is 15.8 Å². The Morgan fingerprint density at radius 2 is 1.83 bits per heavy atom. The predicted octanol–water partition coefficient (Wildman–Crippen LogP) is 1.72. The van der Waals surface area contributed by atoms with Crippen LogP contribution in [0, 0.1) is 5.82 Å². The number of halogens is 1. The molecule has 1 saturated heterocycles. The van der Waals surface area contributed by atoms with Crippen molar-refractivity contribution >= 4 is 37.3 Å². The predicted molar refractivity (Wildman–Crippen MR) is 111 cm³/mol. The Hall–Kier alpha value is -1.86. The summed E-state index contributed by atoms with van der Waals surface area (Å²) in [5.41, 5.74) is 0.0643. The highest BCUT2D eigenvalue weighted by atomic mass is 32.2. The molecule has 1 aliphatic heterocycles. The van der Waals surface area contributed by atoms with Gasteiger partial charge in [-0.1, -0.05) is 6.07 Å². The summed E-state index contributed by atoms with van der Waals surface area (Å²) in [6.07, 6.45) is 0.834. The summed E-state index contributed by atoms with van der Waals surface area (Å²) >= 11 is 1.13. The average molecular weight is 476 g/mol. The number of carbonyl (C=O) groups is 1. The van der Waals surface area contributed by atoms with E-state index in [2.05, 4.69) is 4.72 Å². The van der Waals surface area contributed by atoms with E-state index in [1.807, 2.05) is 0 Å². The molecule has 164 valence electrons. The van der Waals surface area contributed by atoms with Gasteiger partial charge in [0.2, 0.25) is 20.0 Å². The van der Waals surface area contributed by atoms with E-state index in [4.69, 9.17) is 0 Å². The topological polar surface area (TPSA) is 104 Å². The summed E-state index contributed by atoms with van der Waals surface area (Å²) in [4.78, 5) is 13.7. The number of carbonyl (C=O) groups excluding carboxylic acids is 1. The second kappa shape index (κ2) is 8.71. The molecule has 30 heavy (non-hydrogen) atoms. The van der Waals surface area contributed by atoms with E-state index in [1.54, 1.807) is 11.4 Å². The van der Waals surface area contributed by atoms with Crippen LogP contribution in [0.5, 0.6) is 0 Å². The summed E-state index contributed by atoms with van der Waals surface area (Å²) in [6.45, 7) is 0.590. The van der Waals surface area contributed by atoms with Crippen molar-refractivity contribution in [1.29, 1.82) is 0 Å². The van der Waals surface area contributed by atoms with Gasteiger partial charge in [0.05, 0.1) is 0 Å². The van der Waals surface area contributed by atoms with Crippen molar-refractivity contribution in [3.8, 4) is 0 Å². The van der Waals surface area contributed by atoms with Gasteiger partial charge in [0.25, 0.3) is 5.91 Å². The number of amides is 1. The number of likely N-dealkylation sites (tertiary alicyclic amines) is 1. The maximum Gasteiger partial charge on any atom is 0.253 e. The standard InChI is InChI=1S/C18H22FN3O5S3/c1-21(2)30(26,27)16-12-13(5-6-15(16)19)18(23)22-9-7-14(8-10-22)20-29(24,25)17-4-3-11-28-17/h3-6,11-12,14,20H,7-10H2,1-2H3. The lowest BCUT2D eigenvalue weighted by molar-refractivity contribution is 0.0711. The van der Waals surface area contributed by atoms with Crippen LogP contribution in [0.4, 0.5) is 4.39 Å². The highest BCUT2D eigenvalue weighted by molar-refractivity contribution is 7.91. The van der Waals surface area contributed by atoms with Crippen molar-refractivity contribution in [2.24, 2.45) is 0 Å². The maximum absolute atomic E-state index is 14.1. The number of nitrogens with one attached hydrogen (secondary N) is 1. The number of piperidine rings is 1. The van der Waals surface area contributed by atoms with Crippen LogP contribution in [0.2, 0.25) is 0 Å².